The zero-order chi connectivity index (χ0) is 15.8. The number of hydrogen-bond acceptors (Lipinski definition) is 4. The van der Waals surface area contributed by atoms with Gasteiger partial charge >= 0.3 is 0 Å². The van der Waals surface area contributed by atoms with Crippen LogP contribution in [0.3, 0.4) is 0 Å². The van der Waals surface area contributed by atoms with E-state index in [-0.39, 0.29) is 5.82 Å². The number of hydrogen-bond donors (Lipinski definition) is 2. The third-order valence-corrected chi connectivity index (χ3v) is 3.30. The van der Waals surface area contributed by atoms with Crippen LogP contribution in [-0.2, 0) is 6.54 Å². The van der Waals surface area contributed by atoms with Crippen molar-refractivity contribution in [2.45, 2.75) is 39.7 Å². The molecule has 0 bridgehead atoms. The Labute approximate surface area is 131 Å². The summed E-state index contributed by atoms with van der Waals surface area (Å²) in [6, 6.07) is 8.35. The van der Waals surface area contributed by atoms with Crippen LogP contribution in [0.5, 0.6) is 0 Å². The van der Waals surface area contributed by atoms with Crippen LogP contribution in [0.2, 0.25) is 0 Å². The molecular weight excluding hydrogens is 279 g/mol. The number of aryl methyl sites for hydroxylation is 1. The van der Waals surface area contributed by atoms with E-state index in [2.05, 4.69) is 27.5 Å². The van der Waals surface area contributed by atoms with Crippen LogP contribution in [0.4, 0.5) is 16.2 Å². The molecule has 0 radical (unpaired) electrons. The summed E-state index contributed by atoms with van der Waals surface area (Å²) >= 11 is 0. The van der Waals surface area contributed by atoms with Gasteiger partial charge in [0.2, 0.25) is 5.95 Å². The number of benzene rings is 1. The van der Waals surface area contributed by atoms with Crippen LogP contribution in [0, 0.1) is 12.7 Å². The minimum absolute atomic E-state index is 0.228. The van der Waals surface area contributed by atoms with Gasteiger partial charge in [-0.25, -0.2) is 9.37 Å². The van der Waals surface area contributed by atoms with E-state index >= 15 is 0 Å². The van der Waals surface area contributed by atoms with Gasteiger partial charge in [-0.05, 0) is 31.0 Å². The molecule has 0 spiro atoms. The number of unbranched alkanes of at least 4 members (excludes halogenated alkanes) is 2. The maximum Gasteiger partial charge on any atom is 0.225 e. The minimum Gasteiger partial charge on any atom is -0.370 e. The number of aromatic nitrogens is 2. The SMILES string of the molecule is CCCCCNc1cc(C)nc(NCc2ccc(F)cc2)n1. The lowest BCUT2D eigenvalue weighted by molar-refractivity contribution is 0.627. The van der Waals surface area contributed by atoms with E-state index in [1.165, 1.54) is 25.0 Å². The van der Waals surface area contributed by atoms with Crippen molar-refractivity contribution < 1.29 is 4.39 Å². The van der Waals surface area contributed by atoms with Gasteiger partial charge in [0.15, 0.2) is 0 Å². The first kappa shape index (κ1) is 16.2. The van der Waals surface area contributed by atoms with Crippen LogP contribution in [-0.4, -0.2) is 16.5 Å². The van der Waals surface area contributed by atoms with E-state index in [1.54, 1.807) is 12.1 Å². The maximum atomic E-state index is 12.9. The highest BCUT2D eigenvalue weighted by molar-refractivity contribution is 5.42. The van der Waals surface area contributed by atoms with E-state index < -0.39 is 0 Å². The van der Waals surface area contributed by atoms with Gasteiger partial charge < -0.3 is 10.6 Å². The lowest BCUT2D eigenvalue weighted by Gasteiger charge is -2.10. The Morgan fingerprint density at radius 3 is 2.55 bits per heavy atom. The van der Waals surface area contributed by atoms with Gasteiger partial charge in [-0.2, -0.15) is 4.98 Å². The fourth-order valence-corrected chi connectivity index (χ4v) is 2.11. The normalized spacial score (nSPS) is 10.5. The first-order chi connectivity index (χ1) is 10.7. The molecular formula is C17H23FN4. The lowest BCUT2D eigenvalue weighted by Crippen LogP contribution is -2.08. The van der Waals surface area contributed by atoms with Gasteiger partial charge in [-0.15, -0.1) is 0 Å². The van der Waals surface area contributed by atoms with Crippen molar-refractivity contribution in [1.29, 1.82) is 0 Å². The van der Waals surface area contributed by atoms with Gasteiger partial charge in [-0.1, -0.05) is 31.9 Å². The molecule has 0 aliphatic heterocycles. The molecule has 1 heterocycles. The predicted octanol–water partition coefficient (Wildman–Crippen LogP) is 4.14. The molecule has 1 aromatic heterocycles. The molecule has 2 rings (SSSR count). The highest BCUT2D eigenvalue weighted by Crippen LogP contribution is 2.11. The minimum atomic E-state index is -0.228. The fourth-order valence-electron chi connectivity index (χ4n) is 2.11. The second-order valence-electron chi connectivity index (χ2n) is 5.33. The van der Waals surface area contributed by atoms with Crippen molar-refractivity contribution in [2.24, 2.45) is 0 Å². The molecule has 0 atom stereocenters. The molecule has 0 fully saturated rings. The molecule has 22 heavy (non-hydrogen) atoms. The van der Waals surface area contributed by atoms with Crippen LogP contribution in [0.1, 0.15) is 37.4 Å². The molecule has 1 aromatic carbocycles. The van der Waals surface area contributed by atoms with Crippen molar-refractivity contribution in [3.8, 4) is 0 Å². The predicted molar refractivity (Wildman–Crippen MR) is 88.5 cm³/mol. The second-order valence-corrected chi connectivity index (χ2v) is 5.33. The standard InChI is InChI=1S/C17H23FN4/c1-3-4-5-10-19-16-11-13(2)21-17(22-16)20-12-14-6-8-15(18)9-7-14/h6-9,11H,3-5,10,12H2,1-2H3,(H2,19,20,21,22). The number of halogens is 1. The lowest BCUT2D eigenvalue weighted by atomic mass is 10.2. The molecule has 0 unspecified atom stereocenters. The molecule has 4 nitrogen and oxygen atoms in total. The zero-order valence-electron chi connectivity index (χ0n) is 13.2. The zero-order valence-corrected chi connectivity index (χ0v) is 13.2. The highest BCUT2D eigenvalue weighted by atomic mass is 19.1. The first-order valence-corrected chi connectivity index (χ1v) is 7.75. The van der Waals surface area contributed by atoms with Gasteiger partial charge in [0.1, 0.15) is 11.6 Å². The molecule has 5 heteroatoms. The topological polar surface area (TPSA) is 49.8 Å². The van der Waals surface area contributed by atoms with Gasteiger partial charge in [0.05, 0.1) is 0 Å². The summed E-state index contributed by atoms with van der Waals surface area (Å²) in [6.07, 6.45) is 3.56. The summed E-state index contributed by atoms with van der Waals surface area (Å²) in [7, 11) is 0. The Bertz CT molecular complexity index is 584. The van der Waals surface area contributed by atoms with Crippen LogP contribution < -0.4 is 10.6 Å². The Kier molecular flexibility index (Phi) is 6.13. The highest BCUT2D eigenvalue weighted by Gasteiger charge is 2.02. The average Bonchev–Trinajstić information content (AvgIpc) is 2.51. The molecule has 2 aromatic rings. The molecule has 2 N–H and O–H groups in total. The molecule has 0 aliphatic rings. The van der Waals surface area contributed by atoms with Crippen molar-refractivity contribution in [1.82, 2.24) is 9.97 Å². The van der Waals surface area contributed by atoms with Crippen molar-refractivity contribution >= 4 is 11.8 Å². The summed E-state index contributed by atoms with van der Waals surface area (Å²) in [5.41, 5.74) is 1.90. The number of nitrogens with one attached hydrogen (secondary N) is 2. The van der Waals surface area contributed by atoms with Crippen molar-refractivity contribution in [3.05, 3.63) is 47.4 Å². The van der Waals surface area contributed by atoms with Crippen LogP contribution >= 0.6 is 0 Å². The number of anilines is 2. The van der Waals surface area contributed by atoms with Crippen LogP contribution in [0.15, 0.2) is 30.3 Å². The van der Waals surface area contributed by atoms with Crippen LogP contribution in [0.25, 0.3) is 0 Å². The van der Waals surface area contributed by atoms with E-state index in [9.17, 15) is 4.39 Å². The molecule has 0 saturated heterocycles. The molecule has 0 amide bonds. The van der Waals surface area contributed by atoms with E-state index in [1.807, 2.05) is 13.0 Å². The number of nitrogens with zero attached hydrogens (tertiary/aromatic N) is 2. The average molecular weight is 302 g/mol. The third kappa shape index (κ3) is 5.31. The van der Waals surface area contributed by atoms with E-state index in [4.69, 9.17) is 0 Å². The summed E-state index contributed by atoms with van der Waals surface area (Å²) in [6.45, 7) is 5.62. The van der Waals surface area contributed by atoms with E-state index in [0.717, 1.165) is 30.0 Å². The Morgan fingerprint density at radius 2 is 1.82 bits per heavy atom. The molecule has 0 aliphatic carbocycles. The van der Waals surface area contributed by atoms with Gasteiger partial charge in [-0.3, -0.25) is 0 Å². The Balaban J connectivity index is 1.92. The van der Waals surface area contributed by atoms with Crippen molar-refractivity contribution in [3.63, 3.8) is 0 Å². The van der Waals surface area contributed by atoms with E-state index in [0.29, 0.717) is 12.5 Å². The first-order valence-electron chi connectivity index (χ1n) is 7.75. The number of rotatable bonds is 8. The Morgan fingerprint density at radius 1 is 1.05 bits per heavy atom. The van der Waals surface area contributed by atoms with Crippen molar-refractivity contribution in [2.75, 3.05) is 17.2 Å². The Hall–Kier alpha value is -2.17. The smallest absolute Gasteiger partial charge is 0.225 e. The quantitative estimate of drug-likeness (QED) is 0.720. The van der Waals surface area contributed by atoms with Gasteiger partial charge in [0, 0.05) is 24.8 Å². The maximum absolute atomic E-state index is 12.9. The molecule has 0 saturated carbocycles. The summed E-state index contributed by atoms with van der Waals surface area (Å²) in [4.78, 5) is 8.83. The molecule has 118 valence electrons. The third-order valence-electron chi connectivity index (χ3n) is 3.30. The summed E-state index contributed by atoms with van der Waals surface area (Å²) in [5, 5.41) is 6.50. The van der Waals surface area contributed by atoms with Gasteiger partial charge in [0.25, 0.3) is 0 Å². The largest absolute Gasteiger partial charge is 0.370 e. The summed E-state index contributed by atoms with van der Waals surface area (Å²) in [5.74, 6) is 1.20. The fraction of sp³-hybridized carbons (Fsp3) is 0.412. The monoisotopic (exact) mass is 302 g/mol. The summed E-state index contributed by atoms with van der Waals surface area (Å²) < 4.78 is 12.9. The second kappa shape index (κ2) is 8.32.